The van der Waals surface area contributed by atoms with Crippen LogP contribution in [0.1, 0.15) is 30.5 Å². The lowest BCUT2D eigenvalue weighted by atomic mass is 10.1. The minimum absolute atomic E-state index is 0.106. The standard InChI is InChI=1S/C13H18BrF2O3P/c1-4-18-20(17,19-5-2)13(15,16)12-7-6-11(9-14)8-10(12)3/h6-8H,4-5,9H2,1-3H3. The van der Waals surface area contributed by atoms with E-state index in [9.17, 15) is 13.3 Å². The molecule has 20 heavy (non-hydrogen) atoms. The molecule has 0 aliphatic carbocycles. The van der Waals surface area contributed by atoms with Gasteiger partial charge in [0.15, 0.2) is 0 Å². The van der Waals surface area contributed by atoms with Crippen LogP contribution in [0.3, 0.4) is 0 Å². The Morgan fingerprint density at radius 3 is 2.20 bits per heavy atom. The molecule has 0 aromatic heterocycles. The maximum Gasteiger partial charge on any atom is 0.404 e. The second-order valence-electron chi connectivity index (χ2n) is 4.16. The average Bonchev–Trinajstić information content (AvgIpc) is 2.38. The lowest BCUT2D eigenvalue weighted by molar-refractivity contribution is 0.0355. The van der Waals surface area contributed by atoms with Crippen LogP contribution in [-0.2, 0) is 24.6 Å². The normalized spacial score (nSPS) is 12.7. The molecule has 0 radical (unpaired) electrons. The fourth-order valence-corrected chi connectivity index (χ4v) is 3.81. The Kier molecular flexibility index (Phi) is 6.32. The largest absolute Gasteiger partial charge is 0.404 e. The minimum atomic E-state index is -4.54. The van der Waals surface area contributed by atoms with E-state index in [0.717, 1.165) is 5.56 Å². The van der Waals surface area contributed by atoms with Crippen LogP contribution < -0.4 is 0 Å². The Balaban J connectivity index is 3.29. The second kappa shape index (κ2) is 7.12. The highest BCUT2D eigenvalue weighted by atomic mass is 79.9. The van der Waals surface area contributed by atoms with Gasteiger partial charge in [-0.05, 0) is 31.9 Å². The Bertz CT molecular complexity index is 498. The number of benzene rings is 1. The van der Waals surface area contributed by atoms with Crippen LogP contribution in [0.4, 0.5) is 8.78 Å². The molecule has 0 N–H and O–H groups in total. The molecule has 0 atom stereocenters. The fraction of sp³-hybridized carbons (Fsp3) is 0.538. The van der Waals surface area contributed by atoms with Crippen molar-refractivity contribution in [3.63, 3.8) is 0 Å². The number of hydrogen-bond donors (Lipinski definition) is 0. The molecule has 0 aliphatic rings. The lowest BCUT2D eigenvalue weighted by Gasteiger charge is -2.27. The van der Waals surface area contributed by atoms with E-state index in [2.05, 4.69) is 15.9 Å². The Morgan fingerprint density at radius 2 is 1.80 bits per heavy atom. The maximum absolute atomic E-state index is 14.6. The van der Waals surface area contributed by atoms with Crippen molar-refractivity contribution in [3.8, 4) is 0 Å². The molecule has 0 saturated carbocycles. The van der Waals surface area contributed by atoms with Crippen LogP contribution in [0.5, 0.6) is 0 Å². The quantitative estimate of drug-likeness (QED) is 0.488. The molecule has 1 aromatic rings. The second-order valence-corrected chi connectivity index (χ2v) is 6.79. The number of alkyl halides is 3. The van der Waals surface area contributed by atoms with Crippen molar-refractivity contribution >= 4 is 23.5 Å². The molecule has 0 fully saturated rings. The Morgan fingerprint density at radius 1 is 1.25 bits per heavy atom. The molecule has 114 valence electrons. The van der Waals surface area contributed by atoms with Gasteiger partial charge in [0.05, 0.1) is 13.2 Å². The van der Waals surface area contributed by atoms with Crippen LogP contribution in [0, 0.1) is 6.92 Å². The van der Waals surface area contributed by atoms with Gasteiger partial charge in [-0.1, -0.05) is 34.1 Å². The van der Waals surface area contributed by atoms with Crippen molar-refractivity contribution in [2.24, 2.45) is 0 Å². The lowest BCUT2D eigenvalue weighted by Crippen LogP contribution is -2.19. The zero-order valence-corrected chi connectivity index (χ0v) is 14.1. The van der Waals surface area contributed by atoms with E-state index in [1.165, 1.54) is 19.9 Å². The van der Waals surface area contributed by atoms with Crippen molar-refractivity contribution in [1.29, 1.82) is 0 Å². The zero-order valence-electron chi connectivity index (χ0n) is 11.7. The van der Waals surface area contributed by atoms with Gasteiger partial charge in [-0.2, -0.15) is 8.78 Å². The SMILES string of the molecule is CCOP(=O)(OCC)C(F)(F)c1ccc(CBr)cc1C. The summed E-state index contributed by atoms with van der Waals surface area (Å²) in [6.07, 6.45) is 0. The number of aryl methyl sites for hydroxylation is 1. The molecule has 0 spiro atoms. The van der Waals surface area contributed by atoms with Gasteiger partial charge < -0.3 is 9.05 Å². The highest BCUT2D eigenvalue weighted by Gasteiger charge is 2.55. The average molecular weight is 371 g/mol. The number of hydrogen-bond acceptors (Lipinski definition) is 3. The van der Waals surface area contributed by atoms with Crippen molar-refractivity contribution in [3.05, 3.63) is 34.9 Å². The first kappa shape index (κ1) is 17.8. The predicted molar refractivity (Wildman–Crippen MR) is 78.6 cm³/mol. The summed E-state index contributed by atoms with van der Waals surface area (Å²) in [5.74, 6) is 0. The summed E-state index contributed by atoms with van der Waals surface area (Å²) >= 11 is 3.26. The van der Waals surface area contributed by atoms with Crippen molar-refractivity contribution in [2.75, 3.05) is 13.2 Å². The fourth-order valence-electron chi connectivity index (χ4n) is 1.83. The van der Waals surface area contributed by atoms with Gasteiger partial charge in [0, 0.05) is 10.9 Å². The van der Waals surface area contributed by atoms with Gasteiger partial charge in [-0.25, -0.2) is 0 Å². The van der Waals surface area contributed by atoms with Crippen LogP contribution in [0.25, 0.3) is 0 Å². The maximum atomic E-state index is 14.6. The van der Waals surface area contributed by atoms with Gasteiger partial charge in [0.25, 0.3) is 0 Å². The van der Waals surface area contributed by atoms with Crippen LogP contribution >= 0.6 is 23.5 Å². The van der Waals surface area contributed by atoms with E-state index < -0.39 is 13.3 Å². The van der Waals surface area contributed by atoms with E-state index in [0.29, 0.717) is 10.9 Å². The summed E-state index contributed by atoms with van der Waals surface area (Å²) < 4.78 is 51.0. The Labute approximate surface area is 126 Å². The molecule has 0 heterocycles. The summed E-state index contributed by atoms with van der Waals surface area (Å²) in [6.45, 7) is 4.35. The first-order valence-corrected chi connectivity index (χ1v) is 8.91. The summed E-state index contributed by atoms with van der Waals surface area (Å²) in [6, 6.07) is 4.46. The highest BCUT2D eigenvalue weighted by molar-refractivity contribution is 9.08. The van der Waals surface area contributed by atoms with Gasteiger partial charge in [0.1, 0.15) is 0 Å². The van der Waals surface area contributed by atoms with Crippen LogP contribution in [-0.4, -0.2) is 13.2 Å². The molecule has 1 rings (SSSR count). The predicted octanol–water partition coefficient (Wildman–Crippen LogP) is 5.21. The summed E-state index contributed by atoms with van der Waals surface area (Å²) in [4.78, 5) is 0. The van der Waals surface area contributed by atoms with E-state index >= 15 is 0 Å². The molecule has 1 aromatic carbocycles. The van der Waals surface area contributed by atoms with Crippen molar-refractivity contribution in [1.82, 2.24) is 0 Å². The minimum Gasteiger partial charge on any atom is -0.304 e. The molecule has 0 bridgehead atoms. The topological polar surface area (TPSA) is 35.5 Å². The van der Waals surface area contributed by atoms with E-state index in [-0.39, 0.29) is 18.8 Å². The van der Waals surface area contributed by atoms with E-state index in [4.69, 9.17) is 9.05 Å². The molecule has 0 unspecified atom stereocenters. The monoisotopic (exact) mass is 370 g/mol. The summed E-state index contributed by atoms with van der Waals surface area (Å²) in [5.41, 5.74) is -2.78. The molecular formula is C13H18BrF2O3P. The molecule has 0 amide bonds. The van der Waals surface area contributed by atoms with E-state index in [1.54, 1.807) is 19.1 Å². The third kappa shape index (κ3) is 3.48. The van der Waals surface area contributed by atoms with E-state index in [1.807, 2.05) is 0 Å². The molecule has 0 saturated heterocycles. The van der Waals surface area contributed by atoms with Gasteiger partial charge in [-0.15, -0.1) is 0 Å². The third-order valence-electron chi connectivity index (χ3n) is 2.71. The molecule has 0 aliphatic heterocycles. The smallest absolute Gasteiger partial charge is 0.304 e. The first-order valence-electron chi connectivity index (χ1n) is 6.25. The van der Waals surface area contributed by atoms with Crippen LogP contribution in [0.2, 0.25) is 0 Å². The highest BCUT2D eigenvalue weighted by Crippen LogP contribution is 2.67. The molecule has 3 nitrogen and oxygen atoms in total. The Hall–Kier alpha value is -0.290. The van der Waals surface area contributed by atoms with Crippen LogP contribution in [0.15, 0.2) is 18.2 Å². The first-order chi connectivity index (χ1) is 9.32. The number of halogens is 3. The van der Waals surface area contributed by atoms with Gasteiger partial charge in [0.2, 0.25) is 0 Å². The van der Waals surface area contributed by atoms with Gasteiger partial charge in [-0.3, -0.25) is 4.57 Å². The zero-order chi connectivity index (χ0) is 15.4. The summed E-state index contributed by atoms with van der Waals surface area (Å²) in [7, 11) is -4.54. The van der Waals surface area contributed by atoms with Crippen molar-refractivity contribution < 1.29 is 22.4 Å². The summed E-state index contributed by atoms with van der Waals surface area (Å²) in [5, 5.41) is 0.564. The third-order valence-corrected chi connectivity index (χ3v) is 5.48. The molecule has 7 heteroatoms. The number of rotatable bonds is 7. The van der Waals surface area contributed by atoms with Crippen molar-refractivity contribution in [2.45, 2.75) is 31.8 Å². The van der Waals surface area contributed by atoms with Gasteiger partial charge >= 0.3 is 13.3 Å². The molecular weight excluding hydrogens is 353 g/mol.